The van der Waals surface area contributed by atoms with E-state index in [1.165, 1.54) is 12.1 Å². The van der Waals surface area contributed by atoms with Crippen LogP contribution in [0.1, 0.15) is 42.1 Å². The van der Waals surface area contributed by atoms with Crippen molar-refractivity contribution in [2.75, 3.05) is 6.54 Å². The molecule has 0 radical (unpaired) electrons. The number of rotatable bonds is 6. The van der Waals surface area contributed by atoms with Crippen molar-refractivity contribution >= 4 is 15.9 Å². The van der Waals surface area contributed by atoms with Crippen LogP contribution in [0.15, 0.2) is 23.1 Å². The van der Waals surface area contributed by atoms with Gasteiger partial charge in [0, 0.05) is 18.2 Å². The predicted molar refractivity (Wildman–Crippen MR) is 77.1 cm³/mol. The van der Waals surface area contributed by atoms with Crippen LogP contribution in [0.4, 0.5) is 0 Å². The quantitative estimate of drug-likeness (QED) is 0.837. The Bertz CT molecular complexity index is 607. The van der Waals surface area contributed by atoms with Gasteiger partial charge in [-0.15, -0.1) is 0 Å². The van der Waals surface area contributed by atoms with Gasteiger partial charge in [-0.05, 0) is 43.9 Å². The fraction of sp³-hybridized carbons (Fsp3) is 0.500. The molecule has 0 atom stereocenters. The highest BCUT2D eigenvalue weighted by molar-refractivity contribution is 7.89. The van der Waals surface area contributed by atoms with Gasteiger partial charge in [0.15, 0.2) is 0 Å². The van der Waals surface area contributed by atoms with Crippen molar-refractivity contribution in [2.24, 2.45) is 0 Å². The monoisotopic (exact) mass is 296 g/mol. The van der Waals surface area contributed by atoms with E-state index >= 15 is 0 Å². The summed E-state index contributed by atoms with van der Waals surface area (Å²) in [5, 5.41) is 2.77. The van der Waals surface area contributed by atoms with Crippen molar-refractivity contribution in [2.45, 2.75) is 44.0 Å². The molecule has 5 nitrogen and oxygen atoms in total. The summed E-state index contributed by atoms with van der Waals surface area (Å²) in [5.41, 5.74) is 1.18. The highest BCUT2D eigenvalue weighted by Crippen LogP contribution is 2.23. The Labute approximate surface area is 119 Å². The Morgan fingerprint density at radius 2 is 2.05 bits per heavy atom. The lowest BCUT2D eigenvalue weighted by molar-refractivity contribution is 0.0953. The number of nitrogens with one attached hydrogen (secondary N) is 2. The lowest BCUT2D eigenvalue weighted by Crippen LogP contribution is -2.27. The molecule has 1 aliphatic carbocycles. The number of aryl methyl sites for hydroxylation is 1. The van der Waals surface area contributed by atoms with E-state index < -0.39 is 10.0 Å². The molecule has 1 aliphatic rings. The first-order valence-corrected chi connectivity index (χ1v) is 8.33. The van der Waals surface area contributed by atoms with Crippen molar-refractivity contribution < 1.29 is 13.2 Å². The first-order valence-electron chi connectivity index (χ1n) is 6.85. The van der Waals surface area contributed by atoms with Gasteiger partial charge in [0.2, 0.25) is 10.0 Å². The van der Waals surface area contributed by atoms with Gasteiger partial charge in [-0.1, -0.05) is 13.0 Å². The molecule has 110 valence electrons. The van der Waals surface area contributed by atoms with E-state index in [9.17, 15) is 13.2 Å². The average molecular weight is 296 g/mol. The van der Waals surface area contributed by atoms with Gasteiger partial charge in [-0.2, -0.15) is 0 Å². The molecule has 0 heterocycles. The normalized spacial score (nSPS) is 15.1. The lowest BCUT2D eigenvalue weighted by Gasteiger charge is -2.10. The number of hydrogen-bond acceptors (Lipinski definition) is 3. The highest BCUT2D eigenvalue weighted by Gasteiger charge is 2.28. The summed E-state index contributed by atoms with van der Waals surface area (Å²) in [7, 11) is -3.52. The molecule has 1 amide bonds. The average Bonchev–Trinajstić information content (AvgIpc) is 3.19. The standard InChI is InChI=1S/C14H20N2O3S/c1-3-8-15-14(17)13-9-12(7-4-10(13)2)20(18,19)16-11-5-6-11/h4,7,9,11,16H,3,5-6,8H2,1-2H3,(H,15,17). The van der Waals surface area contributed by atoms with Crippen LogP contribution >= 0.6 is 0 Å². The molecule has 2 N–H and O–H groups in total. The van der Waals surface area contributed by atoms with Crippen molar-refractivity contribution in [1.82, 2.24) is 10.0 Å². The second kappa shape index (κ2) is 5.93. The summed E-state index contributed by atoms with van der Waals surface area (Å²) in [6.45, 7) is 4.34. The maximum atomic E-state index is 12.1. The molecule has 0 spiro atoms. The summed E-state index contributed by atoms with van der Waals surface area (Å²) in [5.74, 6) is -0.229. The number of amides is 1. The molecule has 1 saturated carbocycles. The Morgan fingerprint density at radius 3 is 2.65 bits per heavy atom. The van der Waals surface area contributed by atoms with Gasteiger partial charge in [0.25, 0.3) is 5.91 Å². The number of sulfonamides is 1. The molecule has 2 rings (SSSR count). The minimum Gasteiger partial charge on any atom is -0.352 e. The summed E-state index contributed by atoms with van der Waals surface area (Å²) in [6.07, 6.45) is 2.61. The van der Waals surface area contributed by atoms with Crippen molar-refractivity contribution in [1.29, 1.82) is 0 Å². The number of carbonyl (C=O) groups excluding carboxylic acids is 1. The summed E-state index contributed by atoms with van der Waals surface area (Å²) >= 11 is 0. The Hall–Kier alpha value is -1.40. The molecule has 1 fully saturated rings. The second-order valence-corrected chi connectivity index (χ2v) is 6.84. The molecule has 0 unspecified atom stereocenters. The zero-order valence-corrected chi connectivity index (χ0v) is 12.6. The fourth-order valence-electron chi connectivity index (χ4n) is 1.84. The molecule has 0 aromatic heterocycles. The summed E-state index contributed by atoms with van der Waals surface area (Å²) < 4.78 is 26.9. The first kappa shape index (κ1) is 15.0. The van der Waals surface area contributed by atoms with E-state index in [2.05, 4.69) is 10.0 Å². The van der Waals surface area contributed by atoms with Crippen LogP contribution in [0.25, 0.3) is 0 Å². The molecule has 0 bridgehead atoms. The van der Waals surface area contributed by atoms with Crippen molar-refractivity contribution in [3.05, 3.63) is 29.3 Å². The molecule has 0 saturated heterocycles. The maximum absolute atomic E-state index is 12.1. The Morgan fingerprint density at radius 1 is 1.35 bits per heavy atom. The molecular formula is C14H20N2O3S. The largest absolute Gasteiger partial charge is 0.352 e. The zero-order valence-electron chi connectivity index (χ0n) is 11.8. The molecule has 20 heavy (non-hydrogen) atoms. The lowest BCUT2D eigenvalue weighted by atomic mass is 10.1. The first-order chi connectivity index (χ1) is 9.44. The second-order valence-electron chi connectivity index (χ2n) is 5.13. The van der Waals surface area contributed by atoms with Gasteiger partial charge in [0.1, 0.15) is 0 Å². The highest BCUT2D eigenvalue weighted by atomic mass is 32.2. The fourth-order valence-corrected chi connectivity index (χ4v) is 3.17. The van der Waals surface area contributed by atoms with Crippen LogP contribution in [0.3, 0.4) is 0 Å². The zero-order chi connectivity index (χ0) is 14.8. The number of hydrogen-bond donors (Lipinski definition) is 2. The minimum absolute atomic E-state index is 0.0543. The molecule has 6 heteroatoms. The van der Waals surface area contributed by atoms with Crippen LogP contribution in [-0.4, -0.2) is 26.9 Å². The van der Waals surface area contributed by atoms with E-state index in [-0.39, 0.29) is 16.8 Å². The van der Waals surface area contributed by atoms with Crippen LogP contribution in [-0.2, 0) is 10.0 Å². The third kappa shape index (κ3) is 3.58. The van der Waals surface area contributed by atoms with E-state index in [1.807, 2.05) is 6.92 Å². The van der Waals surface area contributed by atoms with Crippen LogP contribution in [0.2, 0.25) is 0 Å². The van der Waals surface area contributed by atoms with Gasteiger partial charge in [0.05, 0.1) is 4.90 Å². The number of benzene rings is 1. The third-order valence-corrected chi connectivity index (χ3v) is 4.72. The molecule has 1 aromatic rings. The minimum atomic E-state index is -3.52. The topological polar surface area (TPSA) is 75.3 Å². The van der Waals surface area contributed by atoms with E-state index in [1.54, 1.807) is 13.0 Å². The SMILES string of the molecule is CCCNC(=O)c1cc(S(=O)(=O)NC2CC2)ccc1C. The van der Waals surface area contributed by atoms with Crippen LogP contribution in [0, 0.1) is 6.92 Å². The van der Waals surface area contributed by atoms with Gasteiger partial charge < -0.3 is 5.32 Å². The van der Waals surface area contributed by atoms with Crippen LogP contribution < -0.4 is 10.0 Å². The van der Waals surface area contributed by atoms with Gasteiger partial charge in [-0.25, -0.2) is 13.1 Å². The third-order valence-electron chi connectivity index (χ3n) is 3.20. The smallest absolute Gasteiger partial charge is 0.251 e. The summed E-state index contributed by atoms with van der Waals surface area (Å²) in [4.78, 5) is 12.2. The van der Waals surface area contributed by atoms with Crippen LogP contribution in [0.5, 0.6) is 0 Å². The number of carbonyl (C=O) groups is 1. The molecule has 0 aliphatic heterocycles. The van der Waals surface area contributed by atoms with Gasteiger partial charge >= 0.3 is 0 Å². The Kier molecular flexibility index (Phi) is 4.45. The Balaban J connectivity index is 2.25. The van der Waals surface area contributed by atoms with Gasteiger partial charge in [-0.3, -0.25) is 4.79 Å². The summed E-state index contributed by atoms with van der Waals surface area (Å²) in [6, 6.07) is 4.71. The van der Waals surface area contributed by atoms with E-state index in [0.29, 0.717) is 12.1 Å². The van der Waals surface area contributed by atoms with E-state index in [0.717, 1.165) is 24.8 Å². The maximum Gasteiger partial charge on any atom is 0.251 e. The molecule has 1 aromatic carbocycles. The van der Waals surface area contributed by atoms with E-state index in [4.69, 9.17) is 0 Å². The molecular weight excluding hydrogens is 276 g/mol. The predicted octanol–water partition coefficient (Wildman–Crippen LogP) is 1.58. The van der Waals surface area contributed by atoms with Crippen molar-refractivity contribution in [3.63, 3.8) is 0 Å². The van der Waals surface area contributed by atoms with Crippen molar-refractivity contribution in [3.8, 4) is 0 Å².